The van der Waals surface area contributed by atoms with E-state index in [0.717, 1.165) is 0 Å². The van der Waals surface area contributed by atoms with Crippen molar-refractivity contribution in [2.45, 2.75) is 5.60 Å². The van der Waals surface area contributed by atoms with Crippen LogP contribution in [0.15, 0.2) is 48.5 Å². The SMILES string of the molecule is NCC(O)(c1ccccc1F)c1ccccc1F. The maximum atomic E-state index is 13.8. The zero-order chi connectivity index (χ0) is 13.2. The molecule has 94 valence electrons. The summed E-state index contributed by atoms with van der Waals surface area (Å²) < 4.78 is 27.5. The topological polar surface area (TPSA) is 46.2 Å². The monoisotopic (exact) mass is 249 g/mol. The molecule has 0 atom stereocenters. The summed E-state index contributed by atoms with van der Waals surface area (Å²) >= 11 is 0. The fourth-order valence-electron chi connectivity index (χ4n) is 1.96. The molecule has 0 radical (unpaired) electrons. The van der Waals surface area contributed by atoms with Gasteiger partial charge in [0, 0.05) is 17.7 Å². The summed E-state index contributed by atoms with van der Waals surface area (Å²) in [6.07, 6.45) is 0. The summed E-state index contributed by atoms with van der Waals surface area (Å²) in [6.45, 7) is -0.311. The van der Waals surface area contributed by atoms with E-state index in [2.05, 4.69) is 0 Å². The lowest BCUT2D eigenvalue weighted by Crippen LogP contribution is -2.37. The van der Waals surface area contributed by atoms with Crippen LogP contribution in [0.1, 0.15) is 11.1 Å². The van der Waals surface area contributed by atoms with Gasteiger partial charge in [-0.2, -0.15) is 0 Å². The van der Waals surface area contributed by atoms with Crippen LogP contribution in [0.5, 0.6) is 0 Å². The first-order chi connectivity index (χ1) is 8.59. The number of aliphatic hydroxyl groups is 1. The van der Waals surface area contributed by atoms with Gasteiger partial charge in [0.1, 0.15) is 17.2 Å². The predicted octanol–water partition coefficient (Wildman–Crippen LogP) is 2.16. The molecule has 0 saturated carbocycles. The van der Waals surface area contributed by atoms with Crippen LogP contribution >= 0.6 is 0 Å². The predicted molar refractivity (Wildman–Crippen MR) is 64.9 cm³/mol. The molecule has 0 aliphatic rings. The van der Waals surface area contributed by atoms with Crippen LogP contribution in [-0.2, 0) is 5.60 Å². The maximum absolute atomic E-state index is 13.8. The molecular weight excluding hydrogens is 236 g/mol. The van der Waals surface area contributed by atoms with Crippen LogP contribution in [0, 0.1) is 11.6 Å². The molecule has 0 aromatic heterocycles. The summed E-state index contributed by atoms with van der Waals surface area (Å²) in [5.74, 6) is -1.23. The van der Waals surface area contributed by atoms with E-state index in [1.54, 1.807) is 12.1 Å². The Morgan fingerprint density at radius 2 is 1.28 bits per heavy atom. The van der Waals surface area contributed by atoms with Gasteiger partial charge in [0.25, 0.3) is 0 Å². The highest BCUT2D eigenvalue weighted by Gasteiger charge is 2.34. The lowest BCUT2D eigenvalue weighted by atomic mass is 9.86. The molecule has 2 rings (SSSR count). The molecule has 0 bridgehead atoms. The molecule has 2 aromatic rings. The molecule has 0 amide bonds. The second kappa shape index (κ2) is 4.84. The summed E-state index contributed by atoms with van der Waals surface area (Å²) in [7, 11) is 0. The third kappa shape index (κ3) is 2.00. The Bertz CT molecular complexity index is 511. The third-order valence-electron chi connectivity index (χ3n) is 2.93. The zero-order valence-corrected chi connectivity index (χ0v) is 9.61. The average molecular weight is 249 g/mol. The average Bonchev–Trinajstić information content (AvgIpc) is 2.39. The van der Waals surface area contributed by atoms with E-state index < -0.39 is 17.2 Å². The van der Waals surface area contributed by atoms with Crippen molar-refractivity contribution in [3.8, 4) is 0 Å². The lowest BCUT2D eigenvalue weighted by Gasteiger charge is -2.28. The van der Waals surface area contributed by atoms with E-state index in [1.807, 2.05) is 0 Å². The van der Waals surface area contributed by atoms with Crippen LogP contribution < -0.4 is 5.73 Å². The zero-order valence-electron chi connectivity index (χ0n) is 9.61. The summed E-state index contributed by atoms with van der Waals surface area (Å²) in [6, 6.07) is 11.3. The Hall–Kier alpha value is -1.78. The summed E-state index contributed by atoms with van der Waals surface area (Å²) in [5, 5.41) is 10.5. The molecular formula is C14H13F2NO. The Morgan fingerprint density at radius 3 is 1.61 bits per heavy atom. The first-order valence-corrected chi connectivity index (χ1v) is 5.52. The van der Waals surface area contributed by atoms with Crippen LogP contribution in [-0.4, -0.2) is 11.7 Å². The van der Waals surface area contributed by atoms with E-state index in [-0.39, 0.29) is 17.7 Å². The van der Waals surface area contributed by atoms with Gasteiger partial charge in [0.2, 0.25) is 0 Å². The van der Waals surface area contributed by atoms with Gasteiger partial charge in [0.05, 0.1) is 0 Å². The van der Waals surface area contributed by atoms with Crippen LogP contribution in [0.2, 0.25) is 0 Å². The first kappa shape index (κ1) is 12.7. The Balaban J connectivity index is 2.63. The molecule has 0 heterocycles. The van der Waals surface area contributed by atoms with E-state index in [1.165, 1.54) is 36.4 Å². The fourth-order valence-corrected chi connectivity index (χ4v) is 1.96. The number of benzene rings is 2. The van der Waals surface area contributed by atoms with Gasteiger partial charge in [-0.05, 0) is 12.1 Å². The number of halogens is 2. The summed E-state index contributed by atoms with van der Waals surface area (Å²) in [5.41, 5.74) is 3.60. The van der Waals surface area contributed by atoms with Gasteiger partial charge in [0.15, 0.2) is 0 Å². The number of rotatable bonds is 3. The standard InChI is InChI=1S/C14H13F2NO/c15-12-7-3-1-5-10(12)14(18,9-17)11-6-2-4-8-13(11)16/h1-8,18H,9,17H2. The highest BCUT2D eigenvalue weighted by atomic mass is 19.1. The van der Waals surface area contributed by atoms with Gasteiger partial charge >= 0.3 is 0 Å². The van der Waals surface area contributed by atoms with Crippen molar-refractivity contribution >= 4 is 0 Å². The van der Waals surface area contributed by atoms with E-state index in [4.69, 9.17) is 5.73 Å². The highest BCUT2D eigenvalue weighted by Crippen LogP contribution is 2.31. The molecule has 18 heavy (non-hydrogen) atoms. The van der Waals surface area contributed by atoms with Gasteiger partial charge in [-0.1, -0.05) is 36.4 Å². The maximum Gasteiger partial charge on any atom is 0.132 e. The lowest BCUT2D eigenvalue weighted by molar-refractivity contribution is 0.0821. The Kier molecular flexibility index (Phi) is 3.41. The second-order valence-electron chi connectivity index (χ2n) is 4.02. The number of nitrogens with two attached hydrogens (primary N) is 1. The minimum absolute atomic E-state index is 0.0300. The largest absolute Gasteiger partial charge is 0.379 e. The molecule has 0 spiro atoms. The van der Waals surface area contributed by atoms with Crippen molar-refractivity contribution in [3.63, 3.8) is 0 Å². The normalized spacial score (nSPS) is 11.6. The molecule has 0 aliphatic heterocycles. The number of hydrogen-bond donors (Lipinski definition) is 2. The molecule has 0 saturated heterocycles. The van der Waals surface area contributed by atoms with Crippen molar-refractivity contribution in [2.75, 3.05) is 6.54 Å². The number of hydrogen-bond acceptors (Lipinski definition) is 2. The van der Waals surface area contributed by atoms with Crippen LogP contribution in [0.4, 0.5) is 8.78 Å². The molecule has 0 fully saturated rings. The highest BCUT2D eigenvalue weighted by molar-refractivity contribution is 5.38. The van der Waals surface area contributed by atoms with Gasteiger partial charge in [-0.3, -0.25) is 0 Å². The molecule has 0 aliphatic carbocycles. The Morgan fingerprint density at radius 1 is 0.889 bits per heavy atom. The van der Waals surface area contributed by atoms with Crippen molar-refractivity contribution in [2.24, 2.45) is 5.73 Å². The van der Waals surface area contributed by atoms with Crippen LogP contribution in [0.3, 0.4) is 0 Å². The molecule has 0 unspecified atom stereocenters. The van der Waals surface area contributed by atoms with Crippen molar-refractivity contribution in [1.29, 1.82) is 0 Å². The van der Waals surface area contributed by atoms with Gasteiger partial charge < -0.3 is 10.8 Å². The van der Waals surface area contributed by atoms with Crippen molar-refractivity contribution in [1.82, 2.24) is 0 Å². The van der Waals surface area contributed by atoms with E-state index in [0.29, 0.717) is 0 Å². The van der Waals surface area contributed by atoms with Crippen molar-refractivity contribution < 1.29 is 13.9 Å². The summed E-state index contributed by atoms with van der Waals surface area (Å²) in [4.78, 5) is 0. The molecule has 2 aromatic carbocycles. The molecule has 3 N–H and O–H groups in total. The molecule has 4 heteroatoms. The van der Waals surface area contributed by atoms with E-state index >= 15 is 0 Å². The fraction of sp³-hybridized carbons (Fsp3) is 0.143. The quantitative estimate of drug-likeness (QED) is 0.875. The molecule has 2 nitrogen and oxygen atoms in total. The smallest absolute Gasteiger partial charge is 0.132 e. The Labute approximate surface area is 104 Å². The van der Waals surface area contributed by atoms with Gasteiger partial charge in [-0.25, -0.2) is 8.78 Å². The van der Waals surface area contributed by atoms with Crippen LogP contribution in [0.25, 0.3) is 0 Å². The van der Waals surface area contributed by atoms with Crippen molar-refractivity contribution in [3.05, 3.63) is 71.3 Å². The second-order valence-corrected chi connectivity index (χ2v) is 4.02. The minimum Gasteiger partial charge on any atom is -0.379 e. The van der Waals surface area contributed by atoms with Gasteiger partial charge in [-0.15, -0.1) is 0 Å². The first-order valence-electron chi connectivity index (χ1n) is 5.52. The third-order valence-corrected chi connectivity index (χ3v) is 2.93. The van der Waals surface area contributed by atoms with E-state index in [9.17, 15) is 13.9 Å². The minimum atomic E-state index is -1.86.